The first-order valence-corrected chi connectivity index (χ1v) is 14.4. The summed E-state index contributed by atoms with van der Waals surface area (Å²) in [6.07, 6.45) is 3.08. The lowest BCUT2D eigenvalue weighted by molar-refractivity contribution is 0.0157. The van der Waals surface area contributed by atoms with Crippen LogP contribution in [0.2, 0.25) is 13.1 Å². The highest BCUT2D eigenvalue weighted by Gasteiger charge is 2.29. The van der Waals surface area contributed by atoms with Crippen molar-refractivity contribution in [1.82, 2.24) is 19.8 Å². The Hall–Kier alpha value is -2.64. The lowest BCUT2D eigenvalue weighted by Crippen LogP contribution is -2.53. The van der Waals surface area contributed by atoms with Crippen LogP contribution < -0.4 is 5.32 Å². The number of carbonyl (C=O) groups excluding carboxylic acids is 2. The molecule has 1 saturated heterocycles. The van der Waals surface area contributed by atoms with Crippen LogP contribution in [0.4, 0.5) is 15.4 Å². The third-order valence-corrected chi connectivity index (χ3v) is 6.52. The topological polar surface area (TPSA) is 96.9 Å². The van der Waals surface area contributed by atoms with E-state index in [1.807, 2.05) is 20.8 Å². The summed E-state index contributed by atoms with van der Waals surface area (Å²) < 4.78 is 10.8. The van der Waals surface area contributed by atoms with Crippen molar-refractivity contribution in [1.29, 1.82) is 0 Å². The fourth-order valence-electron chi connectivity index (χ4n) is 3.16. The SMILES string of the molecule is CC(C)(C)OC(=O)Nc1nccnc1C#C[Si](C)(C)CN1CCN(C(=O)OC(C)(C)C)CC1. The van der Waals surface area contributed by atoms with Crippen LogP contribution >= 0.6 is 0 Å². The number of amides is 2. The number of hydrogen-bond donors (Lipinski definition) is 1. The minimum atomic E-state index is -1.94. The molecule has 0 atom stereocenters. The zero-order chi connectivity index (χ0) is 24.9. The molecule has 1 aliphatic rings. The summed E-state index contributed by atoms with van der Waals surface area (Å²) >= 11 is 0. The largest absolute Gasteiger partial charge is 0.444 e. The molecular weight excluding hydrogens is 438 g/mol. The molecule has 1 aromatic rings. The maximum atomic E-state index is 12.3. The van der Waals surface area contributed by atoms with Crippen molar-refractivity contribution in [2.24, 2.45) is 0 Å². The third-order valence-electron chi connectivity index (χ3n) is 4.48. The molecule has 33 heavy (non-hydrogen) atoms. The first-order valence-electron chi connectivity index (χ1n) is 11.2. The van der Waals surface area contributed by atoms with Gasteiger partial charge in [0.2, 0.25) is 0 Å². The predicted molar refractivity (Wildman–Crippen MR) is 130 cm³/mol. The number of nitrogens with one attached hydrogen (secondary N) is 1. The Balaban J connectivity index is 1.97. The second kappa shape index (κ2) is 10.5. The summed E-state index contributed by atoms with van der Waals surface area (Å²) in [4.78, 5) is 37.0. The third kappa shape index (κ3) is 9.80. The van der Waals surface area contributed by atoms with E-state index in [0.717, 1.165) is 19.3 Å². The molecule has 0 aliphatic carbocycles. The number of anilines is 1. The van der Waals surface area contributed by atoms with Gasteiger partial charge in [-0.1, -0.05) is 19.0 Å². The fraction of sp³-hybridized carbons (Fsp3) is 0.652. The summed E-state index contributed by atoms with van der Waals surface area (Å²) in [5.74, 6) is 3.41. The van der Waals surface area contributed by atoms with Crippen LogP contribution in [0, 0.1) is 11.5 Å². The van der Waals surface area contributed by atoms with Crippen LogP contribution in [0.15, 0.2) is 12.4 Å². The number of carbonyl (C=O) groups is 2. The van der Waals surface area contributed by atoms with Gasteiger partial charge in [-0.25, -0.2) is 19.6 Å². The minimum Gasteiger partial charge on any atom is -0.444 e. The van der Waals surface area contributed by atoms with E-state index >= 15 is 0 Å². The molecule has 1 N–H and O–H groups in total. The van der Waals surface area contributed by atoms with Crippen molar-refractivity contribution >= 4 is 26.1 Å². The highest BCUT2D eigenvalue weighted by Crippen LogP contribution is 2.15. The molecular formula is C23H37N5O4Si. The molecule has 182 valence electrons. The Morgan fingerprint density at radius 2 is 1.58 bits per heavy atom. The summed E-state index contributed by atoms with van der Waals surface area (Å²) in [5.41, 5.74) is 2.71. The van der Waals surface area contributed by atoms with E-state index in [0.29, 0.717) is 18.8 Å². The first kappa shape index (κ1) is 26.6. The minimum absolute atomic E-state index is 0.258. The first-order chi connectivity index (χ1) is 15.1. The molecule has 0 aromatic carbocycles. The summed E-state index contributed by atoms with van der Waals surface area (Å²) in [6, 6.07) is 0. The van der Waals surface area contributed by atoms with E-state index < -0.39 is 25.4 Å². The summed E-state index contributed by atoms with van der Waals surface area (Å²) in [5, 5.41) is 2.63. The highest BCUT2D eigenvalue weighted by molar-refractivity contribution is 6.85. The Labute approximate surface area is 198 Å². The molecule has 10 heteroatoms. The number of ether oxygens (including phenoxy) is 2. The number of aromatic nitrogens is 2. The number of nitrogens with zero attached hydrogens (tertiary/aromatic N) is 4. The van der Waals surface area contributed by atoms with E-state index in [1.165, 1.54) is 6.20 Å². The summed E-state index contributed by atoms with van der Waals surface area (Å²) in [7, 11) is -1.94. The van der Waals surface area contributed by atoms with E-state index in [9.17, 15) is 9.59 Å². The van der Waals surface area contributed by atoms with Crippen molar-refractivity contribution in [3.63, 3.8) is 0 Å². The lowest BCUT2D eigenvalue weighted by Gasteiger charge is -2.37. The number of piperazine rings is 1. The molecule has 1 fully saturated rings. The van der Waals surface area contributed by atoms with Gasteiger partial charge < -0.3 is 19.3 Å². The van der Waals surface area contributed by atoms with Crippen LogP contribution in [-0.2, 0) is 9.47 Å². The van der Waals surface area contributed by atoms with E-state index in [4.69, 9.17) is 9.47 Å². The standard InChI is InChI=1S/C23H37N5O4Si/c1-22(2,3)31-20(29)26-19-18(24-10-11-25-19)9-16-33(7,8)17-27-12-14-28(15-13-27)21(30)32-23(4,5)6/h10-11H,12-15,17H2,1-8H3,(H,25,26,29). The molecule has 1 aliphatic heterocycles. The average molecular weight is 476 g/mol. The van der Waals surface area contributed by atoms with Crippen LogP contribution in [0.25, 0.3) is 0 Å². The van der Waals surface area contributed by atoms with Crippen molar-refractivity contribution in [3.8, 4) is 11.5 Å². The van der Waals surface area contributed by atoms with Gasteiger partial charge >= 0.3 is 12.2 Å². The van der Waals surface area contributed by atoms with Gasteiger partial charge in [0, 0.05) is 44.7 Å². The van der Waals surface area contributed by atoms with E-state index in [2.05, 4.69) is 44.7 Å². The van der Waals surface area contributed by atoms with Crippen LogP contribution in [0.1, 0.15) is 47.2 Å². The Morgan fingerprint density at radius 3 is 2.15 bits per heavy atom. The van der Waals surface area contributed by atoms with Crippen molar-refractivity contribution in [2.45, 2.75) is 65.8 Å². The average Bonchev–Trinajstić information content (AvgIpc) is 2.64. The Morgan fingerprint density at radius 1 is 1.00 bits per heavy atom. The molecule has 2 amide bonds. The fourth-order valence-corrected chi connectivity index (χ4v) is 5.13. The molecule has 2 rings (SSSR count). The number of hydrogen-bond acceptors (Lipinski definition) is 7. The smallest absolute Gasteiger partial charge is 0.413 e. The van der Waals surface area contributed by atoms with Crippen molar-refractivity contribution in [2.75, 3.05) is 37.7 Å². The van der Waals surface area contributed by atoms with Crippen molar-refractivity contribution in [3.05, 3.63) is 18.1 Å². The molecule has 1 aromatic heterocycles. The second-order valence-electron chi connectivity index (χ2n) is 10.8. The van der Waals surface area contributed by atoms with Gasteiger partial charge in [0.1, 0.15) is 19.3 Å². The highest BCUT2D eigenvalue weighted by atomic mass is 28.3. The molecule has 2 heterocycles. The maximum Gasteiger partial charge on any atom is 0.413 e. The van der Waals surface area contributed by atoms with Crippen LogP contribution in [0.3, 0.4) is 0 Å². The second-order valence-corrected chi connectivity index (χ2v) is 15.1. The zero-order valence-corrected chi connectivity index (χ0v) is 22.1. The molecule has 0 saturated carbocycles. The maximum absolute atomic E-state index is 12.3. The quantitative estimate of drug-likeness (QED) is 0.528. The van der Waals surface area contributed by atoms with Crippen LogP contribution in [0.5, 0.6) is 0 Å². The van der Waals surface area contributed by atoms with Gasteiger partial charge in [0.15, 0.2) is 11.5 Å². The Bertz CT molecular complexity index is 904. The van der Waals surface area contributed by atoms with Gasteiger partial charge in [0.25, 0.3) is 0 Å². The molecule has 0 unspecified atom stereocenters. The Kier molecular flexibility index (Phi) is 8.49. The van der Waals surface area contributed by atoms with Gasteiger partial charge in [0.05, 0.1) is 0 Å². The predicted octanol–water partition coefficient (Wildman–Crippen LogP) is 3.51. The zero-order valence-electron chi connectivity index (χ0n) is 21.1. The van der Waals surface area contributed by atoms with Gasteiger partial charge in [-0.2, -0.15) is 0 Å². The van der Waals surface area contributed by atoms with E-state index in [1.54, 1.807) is 31.9 Å². The lowest BCUT2D eigenvalue weighted by atomic mass is 10.2. The van der Waals surface area contributed by atoms with Gasteiger partial charge in [-0.15, -0.1) is 5.54 Å². The number of rotatable bonds is 3. The van der Waals surface area contributed by atoms with Gasteiger partial charge in [-0.3, -0.25) is 5.32 Å². The molecule has 0 radical (unpaired) electrons. The molecule has 0 spiro atoms. The van der Waals surface area contributed by atoms with E-state index in [-0.39, 0.29) is 11.9 Å². The summed E-state index contributed by atoms with van der Waals surface area (Å²) in [6.45, 7) is 18.2. The normalized spacial score (nSPS) is 15.3. The van der Waals surface area contributed by atoms with Crippen LogP contribution in [-0.4, -0.2) is 83.6 Å². The van der Waals surface area contributed by atoms with Crippen molar-refractivity contribution < 1.29 is 19.1 Å². The molecule has 0 bridgehead atoms. The van der Waals surface area contributed by atoms with Gasteiger partial charge in [-0.05, 0) is 41.5 Å². The monoisotopic (exact) mass is 475 g/mol. The molecule has 9 nitrogen and oxygen atoms in total.